The van der Waals surface area contributed by atoms with E-state index in [0.29, 0.717) is 23.9 Å². The number of pyridine rings is 2. The average Bonchev–Trinajstić information content (AvgIpc) is 2.88. The SMILES string of the molecule is COc1cccc(-c2nc3ncc(OCCCN4CCOCC4)cc3c(=O)n2CC(=O)NC(C)C)n1.Cl. The maximum atomic E-state index is 13.6. The quantitative estimate of drug-likeness (QED) is 0.390. The van der Waals surface area contributed by atoms with Gasteiger partial charge in [-0.25, -0.2) is 15.0 Å². The molecular formula is C25H33ClN6O5. The van der Waals surface area contributed by atoms with Crippen LogP contribution < -0.4 is 20.3 Å². The average molecular weight is 533 g/mol. The van der Waals surface area contributed by atoms with Crippen molar-refractivity contribution >= 4 is 29.3 Å². The van der Waals surface area contributed by atoms with Crippen LogP contribution in [0.1, 0.15) is 20.3 Å². The van der Waals surface area contributed by atoms with Gasteiger partial charge in [-0.2, -0.15) is 0 Å². The standard InChI is InChI=1S/C25H32N6O5.ClH/c1-17(2)27-21(32)16-31-24(20-6-4-7-22(28-20)34-3)29-23-19(25(31)33)14-18(15-26-23)36-11-5-8-30-9-12-35-13-10-30;/h4,6-7,14-15,17H,5,8-13,16H2,1-3H3,(H,27,32);1H. The number of fused-ring (bicyclic) bond motifs is 1. The molecule has 11 nitrogen and oxygen atoms in total. The first-order valence-electron chi connectivity index (χ1n) is 12.1. The summed E-state index contributed by atoms with van der Waals surface area (Å²) >= 11 is 0. The molecule has 0 spiro atoms. The third-order valence-corrected chi connectivity index (χ3v) is 5.69. The number of morpholine rings is 1. The zero-order chi connectivity index (χ0) is 25.5. The second-order valence-corrected chi connectivity index (χ2v) is 8.81. The number of amides is 1. The summed E-state index contributed by atoms with van der Waals surface area (Å²) in [6, 6.07) is 6.71. The Kier molecular flexibility index (Phi) is 10.2. The number of ether oxygens (including phenoxy) is 3. The zero-order valence-electron chi connectivity index (χ0n) is 21.3. The number of methoxy groups -OCH3 is 1. The molecule has 0 bridgehead atoms. The number of hydrogen-bond donors (Lipinski definition) is 1. The number of halogens is 1. The van der Waals surface area contributed by atoms with Crippen LogP contribution in [0, 0.1) is 0 Å². The molecule has 1 amide bonds. The highest BCUT2D eigenvalue weighted by Gasteiger charge is 2.19. The fourth-order valence-corrected chi connectivity index (χ4v) is 3.98. The molecule has 0 radical (unpaired) electrons. The number of rotatable bonds is 10. The monoisotopic (exact) mass is 532 g/mol. The molecule has 0 aliphatic carbocycles. The molecule has 1 N–H and O–H groups in total. The number of aromatic nitrogens is 4. The first-order valence-corrected chi connectivity index (χ1v) is 12.1. The Balaban J connectivity index is 0.00000380. The number of hydrogen-bond acceptors (Lipinski definition) is 9. The maximum Gasteiger partial charge on any atom is 0.263 e. The van der Waals surface area contributed by atoms with Crippen LogP contribution in [0.15, 0.2) is 35.3 Å². The van der Waals surface area contributed by atoms with Gasteiger partial charge in [0.15, 0.2) is 11.5 Å². The summed E-state index contributed by atoms with van der Waals surface area (Å²) in [6.45, 7) is 8.30. The van der Waals surface area contributed by atoms with Crippen LogP contribution in [0.25, 0.3) is 22.6 Å². The molecule has 1 aliphatic rings. The largest absolute Gasteiger partial charge is 0.492 e. The lowest BCUT2D eigenvalue weighted by Gasteiger charge is -2.26. The van der Waals surface area contributed by atoms with E-state index in [1.807, 2.05) is 13.8 Å². The van der Waals surface area contributed by atoms with Crippen molar-refractivity contribution in [3.05, 3.63) is 40.8 Å². The van der Waals surface area contributed by atoms with E-state index < -0.39 is 5.56 Å². The van der Waals surface area contributed by atoms with Gasteiger partial charge in [-0.1, -0.05) is 6.07 Å². The summed E-state index contributed by atoms with van der Waals surface area (Å²) in [5, 5.41) is 3.09. The molecule has 0 aromatic carbocycles. The molecule has 1 aliphatic heterocycles. The van der Waals surface area contributed by atoms with Gasteiger partial charge in [-0.15, -0.1) is 12.4 Å². The minimum absolute atomic E-state index is 0. The number of nitrogens with one attached hydrogen (secondary N) is 1. The van der Waals surface area contributed by atoms with Gasteiger partial charge >= 0.3 is 0 Å². The van der Waals surface area contributed by atoms with Crippen LogP contribution in [-0.2, 0) is 16.1 Å². The Morgan fingerprint density at radius 2 is 2.00 bits per heavy atom. The maximum absolute atomic E-state index is 13.6. The molecule has 0 atom stereocenters. The van der Waals surface area contributed by atoms with Crippen LogP contribution in [0.3, 0.4) is 0 Å². The van der Waals surface area contributed by atoms with Crippen molar-refractivity contribution in [2.24, 2.45) is 0 Å². The van der Waals surface area contributed by atoms with Crippen LogP contribution in [0.5, 0.6) is 11.6 Å². The van der Waals surface area contributed by atoms with E-state index in [1.165, 1.54) is 11.7 Å². The number of nitrogens with zero attached hydrogens (tertiary/aromatic N) is 5. The molecule has 0 saturated carbocycles. The summed E-state index contributed by atoms with van der Waals surface area (Å²) in [5.41, 5.74) is 0.251. The van der Waals surface area contributed by atoms with Gasteiger partial charge in [0.1, 0.15) is 18.0 Å². The Morgan fingerprint density at radius 3 is 2.73 bits per heavy atom. The van der Waals surface area contributed by atoms with Crippen molar-refractivity contribution in [3.8, 4) is 23.1 Å². The minimum atomic E-state index is -0.398. The number of carbonyl (C=O) groups excluding carboxylic acids is 1. The Labute approximate surface area is 221 Å². The van der Waals surface area contributed by atoms with Gasteiger partial charge in [0.25, 0.3) is 5.56 Å². The molecule has 12 heteroatoms. The van der Waals surface area contributed by atoms with Crippen LogP contribution in [0.4, 0.5) is 0 Å². The molecule has 3 aromatic rings. The normalized spacial score (nSPS) is 13.8. The van der Waals surface area contributed by atoms with Gasteiger partial charge in [-0.05, 0) is 32.4 Å². The van der Waals surface area contributed by atoms with Crippen molar-refractivity contribution in [2.45, 2.75) is 32.9 Å². The van der Waals surface area contributed by atoms with Crippen molar-refractivity contribution < 1.29 is 19.0 Å². The predicted octanol–water partition coefficient (Wildman–Crippen LogP) is 1.91. The van der Waals surface area contributed by atoms with E-state index in [4.69, 9.17) is 14.2 Å². The summed E-state index contributed by atoms with van der Waals surface area (Å²) in [5.74, 6) is 0.778. The third kappa shape index (κ3) is 7.37. The highest BCUT2D eigenvalue weighted by Crippen LogP contribution is 2.21. The van der Waals surface area contributed by atoms with Gasteiger partial charge in [0, 0.05) is 31.7 Å². The molecular weight excluding hydrogens is 500 g/mol. The van der Waals surface area contributed by atoms with Crippen molar-refractivity contribution in [1.29, 1.82) is 0 Å². The zero-order valence-corrected chi connectivity index (χ0v) is 22.1. The van der Waals surface area contributed by atoms with Gasteiger partial charge in [0.05, 0.1) is 38.5 Å². The summed E-state index contributed by atoms with van der Waals surface area (Å²) in [4.78, 5) is 41.9. The van der Waals surface area contributed by atoms with Gasteiger partial charge in [-0.3, -0.25) is 19.1 Å². The van der Waals surface area contributed by atoms with E-state index >= 15 is 0 Å². The lowest BCUT2D eigenvalue weighted by atomic mass is 10.2. The van der Waals surface area contributed by atoms with Crippen molar-refractivity contribution in [3.63, 3.8) is 0 Å². The fraction of sp³-hybridized carbons (Fsp3) is 0.480. The Bertz CT molecular complexity index is 1260. The van der Waals surface area contributed by atoms with Crippen molar-refractivity contribution in [2.75, 3.05) is 46.6 Å². The number of carbonyl (C=O) groups is 1. The second kappa shape index (κ2) is 13.3. The minimum Gasteiger partial charge on any atom is -0.492 e. The smallest absolute Gasteiger partial charge is 0.263 e. The summed E-state index contributed by atoms with van der Waals surface area (Å²) in [6.07, 6.45) is 2.40. The van der Waals surface area contributed by atoms with Crippen LogP contribution >= 0.6 is 12.4 Å². The third-order valence-electron chi connectivity index (χ3n) is 5.69. The first-order chi connectivity index (χ1) is 17.4. The lowest BCUT2D eigenvalue weighted by molar-refractivity contribution is -0.122. The van der Waals surface area contributed by atoms with Crippen molar-refractivity contribution in [1.82, 2.24) is 29.7 Å². The van der Waals surface area contributed by atoms with Gasteiger partial charge in [0.2, 0.25) is 11.8 Å². The summed E-state index contributed by atoms with van der Waals surface area (Å²) < 4.78 is 17.8. The summed E-state index contributed by atoms with van der Waals surface area (Å²) in [7, 11) is 1.51. The van der Waals surface area contributed by atoms with E-state index in [9.17, 15) is 9.59 Å². The van der Waals surface area contributed by atoms with E-state index in [-0.39, 0.29) is 47.8 Å². The first kappa shape index (κ1) is 28.3. The molecule has 0 unspecified atom stereocenters. The van der Waals surface area contributed by atoms with E-state index in [2.05, 4.69) is 25.2 Å². The molecule has 200 valence electrons. The second-order valence-electron chi connectivity index (χ2n) is 8.81. The lowest BCUT2D eigenvalue weighted by Crippen LogP contribution is -2.37. The molecule has 1 fully saturated rings. The van der Waals surface area contributed by atoms with E-state index in [1.54, 1.807) is 30.5 Å². The Hall–Kier alpha value is -3.28. The highest BCUT2D eigenvalue weighted by molar-refractivity contribution is 5.85. The fourth-order valence-electron chi connectivity index (χ4n) is 3.98. The Morgan fingerprint density at radius 1 is 1.22 bits per heavy atom. The van der Waals surface area contributed by atoms with Crippen LogP contribution in [0.2, 0.25) is 0 Å². The van der Waals surface area contributed by atoms with E-state index in [0.717, 1.165) is 39.3 Å². The molecule has 4 rings (SSSR count). The molecule has 37 heavy (non-hydrogen) atoms. The predicted molar refractivity (Wildman–Crippen MR) is 141 cm³/mol. The van der Waals surface area contributed by atoms with Gasteiger partial charge < -0.3 is 19.5 Å². The highest BCUT2D eigenvalue weighted by atomic mass is 35.5. The van der Waals surface area contributed by atoms with Crippen LogP contribution in [-0.4, -0.2) is 82.9 Å². The molecule has 3 aromatic heterocycles. The molecule has 4 heterocycles. The topological polar surface area (TPSA) is 121 Å². The molecule has 1 saturated heterocycles.